The number of thiazole rings is 1. The molecule has 0 radical (unpaired) electrons. The van der Waals surface area contributed by atoms with Gasteiger partial charge in [-0.3, -0.25) is 14.2 Å². The number of aromatic nitrogens is 1. The van der Waals surface area contributed by atoms with Gasteiger partial charge in [-0.15, -0.1) is 0 Å². The first-order valence-electron chi connectivity index (χ1n) is 10.5. The number of benzene rings is 3. The number of aryl methyl sites for hydroxylation is 1. The monoisotopic (exact) mass is 446 g/mol. The first kappa shape index (κ1) is 21.7. The van der Waals surface area contributed by atoms with E-state index in [9.17, 15) is 14.0 Å². The topological polar surface area (TPSA) is 51.1 Å². The van der Waals surface area contributed by atoms with Gasteiger partial charge in [0.25, 0.3) is 5.91 Å². The second kappa shape index (κ2) is 10.2. The minimum absolute atomic E-state index is 0.141. The summed E-state index contributed by atoms with van der Waals surface area (Å²) in [7, 11) is 0. The quantitative estimate of drug-likeness (QED) is 0.366. The van der Waals surface area contributed by atoms with Gasteiger partial charge in [0.1, 0.15) is 5.82 Å². The van der Waals surface area contributed by atoms with Crippen LogP contribution >= 0.6 is 11.3 Å². The summed E-state index contributed by atoms with van der Waals surface area (Å²) in [6.07, 6.45) is 2.89. The lowest BCUT2D eigenvalue weighted by molar-refractivity contribution is 0.0953. The van der Waals surface area contributed by atoms with Gasteiger partial charge in [0.2, 0.25) is 0 Å². The predicted molar refractivity (Wildman–Crippen MR) is 127 cm³/mol. The number of nitrogens with zero attached hydrogens (tertiary/aromatic N) is 1. The van der Waals surface area contributed by atoms with E-state index in [1.54, 1.807) is 35.7 Å². The van der Waals surface area contributed by atoms with Crippen molar-refractivity contribution in [1.82, 2.24) is 9.88 Å². The normalized spacial score (nSPS) is 10.8. The van der Waals surface area contributed by atoms with Crippen molar-refractivity contribution < 1.29 is 9.18 Å². The SMILES string of the molecule is O=C(NCCCCc1ccccc1)c1cccc(-c2csc(=O)n2-c2ccc(F)cc2)c1. The molecule has 32 heavy (non-hydrogen) atoms. The molecule has 3 aromatic carbocycles. The van der Waals surface area contributed by atoms with Crippen molar-refractivity contribution >= 4 is 17.2 Å². The number of nitrogens with one attached hydrogen (secondary N) is 1. The molecular weight excluding hydrogens is 423 g/mol. The van der Waals surface area contributed by atoms with E-state index in [4.69, 9.17) is 0 Å². The summed E-state index contributed by atoms with van der Waals surface area (Å²) in [6, 6.07) is 23.3. The second-order valence-electron chi connectivity index (χ2n) is 7.48. The average Bonchev–Trinajstić information content (AvgIpc) is 3.21. The molecule has 0 fully saturated rings. The molecule has 0 spiro atoms. The van der Waals surface area contributed by atoms with Crippen LogP contribution in [0.25, 0.3) is 16.9 Å². The van der Waals surface area contributed by atoms with Gasteiger partial charge in [-0.25, -0.2) is 4.39 Å². The van der Waals surface area contributed by atoms with Crippen LogP contribution < -0.4 is 10.2 Å². The highest BCUT2D eigenvalue weighted by atomic mass is 32.1. The third-order valence-electron chi connectivity index (χ3n) is 5.22. The van der Waals surface area contributed by atoms with E-state index in [0.717, 1.165) is 36.2 Å². The summed E-state index contributed by atoms with van der Waals surface area (Å²) in [6.45, 7) is 0.606. The first-order chi connectivity index (χ1) is 15.6. The van der Waals surface area contributed by atoms with Gasteiger partial charge < -0.3 is 5.32 Å². The molecule has 1 amide bonds. The second-order valence-corrected chi connectivity index (χ2v) is 8.30. The van der Waals surface area contributed by atoms with E-state index < -0.39 is 0 Å². The van der Waals surface area contributed by atoms with E-state index in [-0.39, 0.29) is 16.6 Å². The third-order valence-corrected chi connectivity index (χ3v) is 5.95. The molecule has 1 aromatic heterocycles. The largest absolute Gasteiger partial charge is 0.352 e. The van der Waals surface area contributed by atoms with Gasteiger partial charge in [-0.1, -0.05) is 53.8 Å². The number of carbonyl (C=O) groups excluding carboxylic acids is 1. The number of hydrogen-bond donors (Lipinski definition) is 1. The maximum Gasteiger partial charge on any atom is 0.312 e. The standard InChI is InChI=1S/C26H23FN2O2S/c27-22-12-14-23(15-13-22)29-24(18-32-26(29)31)20-10-6-11-21(17-20)25(30)28-16-5-4-9-19-7-2-1-3-8-19/h1-3,6-8,10-15,17-18H,4-5,9,16H2,(H,28,30). The molecule has 4 rings (SSSR count). The number of halogens is 1. The van der Waals surface area contributed by atoms with Crippen molar-refractivity contribution in [2.24, 2.45) is 0 Å². The maximum atomic E-state index is 13.3. The van der Waals surface area contributed by atoms with E-state index in [1.807, 2.05) is 24.3 Å². The Morgan fingerprint density at radius 2 is 1.72 bits per heavy atom. The number of rotatable bonds is 8. The van der Waals surface area contributed by atoms with Gasteiger partial charge in [0.05, 0.1) is 11.4 Å². The van der Waals surface area contributed by atoms with Crippen molar-refractivity contribution in [1.29, 1.82) is 0 Å². The number of unbranched alkanes of at least 4 members (excludes halogenated alkanes) is 1. The van der Waals surface area contributed by atoms with E-state index in [1.165, 1.54) is 22.3 Å². The molecule has 0 aliphatic rings. The zero-order chi connectivity index (χ0) is 22.3. The van der Waals surface area contributed by atoms with Crippen LogP contribution in [-0.4, -0.2) is 17.0 Å². The smallest absolute Gasteiger partial charge is 0.312 e. The Morgan fingerprint density at radius 1 is 0.938 bits per heavy atom. The van der Waals surface area contributed by atoms with Gasteiger partial charge in [0.15, 0.2) is 0 Å². The molecule has 6 heteroatoms. The lowest BCUT2D eigenvalue weighted by Gasteiger charge is -2.10. The zero-order valence-corrected chi connectivity index (χ0v) is 18.3. The fourth-order valence-electron chi connectivity index (χ4n) is 3.56. The molecule has 4 aromatic rings. The molecule has 0 aliphatic carbocycles. The van der Waals surface area contributed by atoms with Crippen LogP contribution in [0.1, 0.15) is 28.8 Å². The summed E-state index contributed by atoms with van der Waals surface area (Å²) in [5, 5.41) is 4.73. The minimum atomic E-state index is -0.360. The lowest BCUT2D eigenvalue weighted by atomic mass is 10.1. The molecule has 162 valence electrons. The van der Waals surface area contributed by atoms with Gasteiger partial charge in [-0.05, 0) is 61.2 Å². The summed E-state index contributed by atoms with van der Waals surface area (Å²) in [5.74, 6) is -0.501. The molecule has 1 N–H and O–H groups in total. The van der Waals surface area contributed by atoms with Crippen LogP contribution in [-0.2, 0) is 6.42 Å². The van der Waals surface area contributed by atoms with Crippen molar-refractivity contribution in [2.45, 2.75) is 19.3 Å². The molecule has 0 bridgehead atoms. The Balaban J connectivity index is 1.42. The highest BCUT2D eigenvalue weighted by Crippen LogP contribution is 2.24. The molecule has 0 saturated carbocycles. The highest BCUT2D eigenvalue weighted by Gasteiger charge is 2.13. The summed E-state index contributed by atoms with van der Waals surface area (Å²) in [4.78, 5) is 24.9. The number of amides is 1. The number of hydrogen-bond acceptors (Lipinski definition) is 3. The first-order valence-corrected chi connectivity index (χ1v) is 11.4. The van der Waals surface area contributed by atoms with E-state index in [0.29, 0.717) is 23.5 Å². The minimum Gasteiger partial charge on any atom is -0.352 e. The number of carbonyl (C=O) groups is 1. The molecule has 0 atom stereocenters. The van der Waals surface area contributed by atoms with Crippen LogP contribution in [0.5, 0.6) is 0 Å². The Bertz CT molecular complexity index is 1250. The Morgan fingerprint density at radius 3 is 2.50 bits per heavy atom. The van der Waals surface area contributed by atoms with E-state index >= 15 is 0 Å². The fourth-order valence-corrected chi connectivity index (χ4v) is 4.33. The van der Waals surface area contributed by atoms with Crippen molar-refractivity contribution in [3.8, 4) is 16.9 Å². The summed E-state index contributed by atoms with van der Waals surface area (Å²) >= 11 is 1.07. The van der Waals surface area contributed by atoms with Crippen LogP contribution in [0, 0.1) is 5.82 Å². The molecule has 0 saturated heterocycles. The van der Waals surface area contributed by atoms with Crippen molar-refractivity contribution in [2.75, 3.05) is 6.54 Å². The molecule has 1 heterocycles. The highest BCUT2D eigenvalue weighted by molar-refractivity contribution is 7.07. The van der Waals surface area contributed by atoms with Crippen LogP contribution in [0.3, 0.4) is 0 Å². The van der Waals surface area contributed by atoms with Crippen LogP contribution in [0.4, 0.5) is 4.39 Å². The Hall–Kier alpha value is -3.51. The molecule has 4 nitrogen and oxygen atoms in total. The van der Waals surface area contributed by atoms with Gasteiger partial charge in [-0.2, -0.15) is 0 Å². The average molecular weight is 447 g/mol. The fraction of sp³-hybridized carbons (Fsp3) is 0.154. The van der Waals surface area contributed by atoms with Gasteiger partial charge in [0, 0.05) is 23.1 Å². The van der Waals surface area contributed by atoms with Crippen LogP contribution in [0.15, 0.2) is 89.0 Å². The van der Waals surface area contributed by atoms with Crippen LogP contribution in [0.2, 0.25) is 0 Å². The molecule has 0 aliphatic heterocycles. The van der Waals surface area contributed by atoms with E-state index in [2.05, 4.69) is 17.4 Å². The van der Waals surface area contributed by atoms with Gasteiger partial charge >= 0.3 is 4.87 Å². The third kappa shape index (κ3) is 5.21. The Kier molecular flexibility index (Phi) is 6.92. The van der Waals surface area contributed by atoms with Crippen molar-refractivity contribution in [3.63, 3.8) is 0 Å². The molecular formula is C26H23FN2O2S. The maximum absolute atomic E-state index is 13.3. The van der Waals surface area contributed by atoms with Crippen molar-refractivity contribution in [3.05, 3.63) is 111 Å². The molecule has 0 unspecified atom stereocenters. The Labute approximate surface area is 190 Å². The summed E-state index contributed by atoms with van der Waals surface area (Å²) < 4.78 is 14.8. The predicted octanol–water partition coefficient (Wildman–Crippen LogP) is 5.46. The zero-order valence-electron chi connectivity index (χ0n) is 17.5. The summed E-state index contributed by atoms with van der Waals surface area (Å²) in [5.41, 5.74) is 3.85. The lowest BCUT2D eigenvalue weighted by Crippen LogP contribution is -2.24.